The molecule has 0 amide bonds. The monoisotopic (exact) mass is 218 g/mol. The molecule has 3 unspecified atom stereocenters. The smallest absolute Gasteiger partial charge is 0.0970 e. The number of fused-ring (bicyclic) bond motifs is 2. The van der Waals surface area contributed by atoms with Crippen LogP contribution in [-0.4, -0.2) is 12.2 Å². The lowest BCUT2D eigenvalue weighted by atomic mass is 9.72. The molecule has 1 heteroatoms. The van der Waals surface area contributed by atoms with Crippen molar-refractivity contribution < 1.29 is 4.74 Å². The molecule has 0 radical (unpaired) electrons. The lowest BCUT2D eigenvalue weighted by Gasteiger charge is -2.43. The lowest BCUT2D eigenvalue weighted by Crippen LogP contribution is -2.39. The summed E-state index contributed by atoms with van der Waals surface area (Å²) < 4.78 is 6.23. The van der Waals surface area contributed by atoms with E-state index in [-0.39, 0.29) is 6.10 Å². The van der Waals surface area contributed by atoms with Gasteiger partial charge in [-0.2, -0.15) is 0 Å². The first-order valence-electron chi connectivity index (χ1n) is 6.90. The van der Waals surface area contributed by atoms with Crippen LogP contribution in [-0.2, 0) is 4.74 Å². The van der Waals surface area contributed by atoms with Gasteiger partial charge in [-0.25, -0.2) is 0 Å². The lowest BCUT2D eigenvalue weighted by molar-refractivity contribution is -0.0358. The molecular formula is C15H22O. The summed E-state index contributed by atoms with van der Waals surface area (Å²) in [6.07, 6.45) is 13.5. The Morgan fingerprint density at radius 3 is 2.56 bits per heavy atom. The molecule has 1 fully saturated rings. The maximum atomic E-state index is 6.23. The van der Waals surface area contributed by atoms with Crippen LogP contribution in [0.1, 0.15) is 51.4 Å². The van der Waals surface area contributed by atoms with Crippen molar-refractivity contribution in [3.63, 3.8) is 0 Å². The third kappa shape index (κ3) is 1.66. The molecule has 0 aromatic rings. The average molecular weight is 218 g/mol. The zero-order valence-corrected chi connectivity index (χ0v) is 10.1. The highest BCUT2D eigenvalue weighted by molar-refractivity contribution is 5.30. The molecule has 1 saturated carbocycles. The standard InChI is InChI=1S/C15H22O/c1-2-14-12-8-4-3-7-11(12)13-9-5-6-10-15(13)16-14/h2,13-15H,1,3-10H2. The van der Waals surface area contributed by atoms with Gasteiger partial charge in [-0.1, -0.05) is 24.5 Å². The molecule has 1 heterocycles. The van der Waals surface area contributed by atoms with E-state index in [1.165, 1.54) is 51.4 Å². The molecule has 3 rings (SSSR count). The van der Waals surface area contributed by atoms with Gasteiger partial charge < -0.3 is 4.74 Å². The van der Waals surface area contributed by atoms with E-state index in [1.54, 1.807) is 11.1 Å². The van der Waals surface area contributed by atoms with Gasteiger partial charge in [-0.15, -0.1) is 6.58 Å². The van der Waals surface area contributed by atoms with Gasteiger partial charge in [-0.05, 0) is 44.1 Å². The predicted octanol–water partition coefficient (Wildman–Crippen LogP) is 4.00. The molecule has 16 heavy (non-hydrogen) atoms. The van der Waals surface area contributed by atoms with Crippen molar-refractivity contribution in [1.29, 1.82) is 0 Å². The first-order chi connectivity index (χ1) is 7.90. The van der Waals surface area contributed by atoms with Crippen LogP contribution in [0.2, 0.25) is 0 Å². The molecule has 0 spiro atoms. The van der Waals surface area contributed by atoms with Crippen molar-refractivity contribution in [2.45, 2.75) is 63.6 Å². The summed E-state index contributed by atoms with van der Waals surface area (Å²) >= 11 is 0. The number of hydrogen-bond acceptors (Lipinski definition) is 1. The van der Waals surface area contributed by atoms with Gasteiger partial charge in [-0.3, -0.25) is 0 Å². The molecule has 1 nitrogen and oxygen atoms in total. The summed E-state index contributed by atoms with van der Waals surface area (Å²) in [5, 5.41) is 0. The van der Waals surface area contributed by atoms with E-state index in [1.807, 2.05) is 6.08 Å². The molecule has 3 atom stereocenters. The molecule has 88 valence electrons. The van der Waals surface area contributed by atoms with Crippen LogP contribution in [0.15, 0.2) is 23.8 Å². The molecule has 2 aliphatic carbocycles. The Balaban J connectivity index is 1.94. The minimum atomic E-state index is 0.245. The number of rotatable bonds is 1. The zero-order chi connectivity index (χ0) is 11.0. The predicted molar refractivity (Wildman–Crippen MR) is 66.3 cm³/mol. The maximum absolute atomic E-state index is 6.23. The van der Waals surface area contributed by atoms with E-state index in [0.29, 0.717) is 6.10 Å². The Hall–Kier alpha value is -0.560. The fraction of sp³-hybridized carbons (Fsp3) is 0.733. The highest BCUT2D eigenvalue weighted by Gasteiger charge is 2.38. The highest BCUT2D eigenvalue weighted by atomic mass is 16.5. The quantitative estimate of drug-likeness (QED) is 0.604. The minimum absolute atomic E-state index is 0.245. The zero-order valence-electron chi connectivity index (χ0n) is 10.1. The van der Waals surface area contributed by atoms with Crippen LogP contribution in [0.25, 0.3) is 0 Å². The van der Waals surface area contributed by atoms with Gasteiger partial charge in [0, 0.05) is 5.92 Å². The summed E-state index contributed by atoms with van der Waals surface area (Å²) in [5.74, 6) is 0.764. The van der Waals surface area contributed by atoms with E-state index < -0.39 is 0 Å². The van der Waals surface area contributed by atoms with E-state index in [2.05, 4.69) is 6.58 Å². The van der Waals surface area contributed by atoms with Crippen LogP contribution >= 0.6 is 0 Å². The Morgan fingerprint density at radius 2 is 1.75 bits per heavy atom. The molecule has 0 saturated heterocycles. The summed E-state index contributed by atoms with van der Waals surface area (Å²) in [4.78, 5) is 0. The molecule has 0 N–H and O–H groups in total. The van der Waals surface area contributed by atoms with Crippen LogP contribution in [0.3, 0.4) is 0 Å². The summed E-state index contributed by atoms with van der Waals surface area (Å²) in [5.41, 5.74) is 3.37. The first-order valence-corrected chi connectivity index (χ1v) is 6.90. The minimum Gasteiger partial charge on any atom is -0.366 e. The Kier molecular flexibility index (Phi) is 2.89. The Bertz CT molecular complexity index is 315. The summed E-state index contributed by atoms with van der Waals surface area (Å²) in [6.45, 7) is 3.95. The third-order valence-corrected chi connectivity index (χ3v) is 4.58. The SMILES string of the molecule is C=CC1OC2CCCCC2C2=C1CCCC2. The second-order valence-electron chi connectivity index (χ2n) is 5.48. The maximum Gasteiger partial charge on any atom is 0.0970 e. The van der Waals surface area contributed by atoms with E-state index in [0.717, 1.165) is 5.92 Å². The van der Waals surface area contributed by atoms with Crippen LogP contribution in [0, 0.1) is 5.92 Å². The molecule has 0 bridgehead atoms. The molecule has 1 aliphatic heterocycles. The van der Waals surface area contributed by atoms with E-state index in [4.69, 9.17) is 4.74 Å². The molecule has 0 aromatic heterocycles. The normalized spacial score (nSPS) is 38.9. The van der Waals surface area contributed by atoms with Gasteiger partial charge in [0.15, 0.2) is 0 Å². The molecular weight excluding hydrogens is 196 g/mol. The molecule has 0 aromatic carbocycles. The van der Waals surface area contributed by atoms with Gasteiger partial charge in [0.25, 0.3) is 0 Å². The van der Waals surface area contributed by atoms with Gasteiger partial charge in [0.1, 0.15) is 0 Å². The van der Waals surface area contributed by atoms with Crippen molar-refractivity contribution in [2.24, 2.45) is 5.92 Å². The average Bonchev–Trinajstić information content (AvgIpc) is 2.38. The van der Waals surface area contributed by atoms with Crippen molar-refractivity contribution >= 4 is 0 Å². The van der Waals surface area contributed by atoms with Crippen LogP contribution < -0.4 is 0 Å². The second kappa shape index (κ2) is 4.37. The second-order valence-corrected chi connectivity index (χ2v) is 5.48. The van der Waals surface area contributed by atoms with Crippen molar-refractivity contribution in [2.75, 3.05) is 0 Å². The molecule has 3 aliphatic rings. The fourth-order valence-corrected chi connectivity index (χ4v) is 3.83. The van der Waals surface area contributed by atoms with E-state index >= 15 is 0 Å². The highest BCUT2D eigenvalue weighted by Crippen LogP contribution is 2.45. The summed E-state index contributed by atoms with van der Waals surface area (Å²) in [7, 11) is 0. The third-order valence-electron chi connectivity index (χ3n) is 4.58. The Morgan fingerprint density at radius 1 is 1.00 bits per heavy atom. The van der Waals surface area contributed by atoms with Gasteiger partial charge >= 0.3 is 0 Å². The summed E-state index contributed by atoms with van der Waals surface area (Å²) in [6, 6.07) is 0. The first kappa shape index (κ1) is 10.6. The largest absolute Gasteiger partial charge is 0.366 e. The Labute approximate surface area is 98.6 Å². The van der Waals surface area contributed by atoms with Crippen molar-refractivity contribution in [1.82, 2.24) is 0 Å². The topological polar surface area (TPSA) is 9.23 Å². The van der Waals surface area contributed by atoms with Crippen LogP contribution in [0.5, 0.6) is 0 Å². The van der Waals surface area contributed by atoms with Crippen LogP contribution in [0.4, 0.5) is 0 Å². The van der Waals surface area contributed by atoms with Crippen molar-refractivity contribution in [3.8, 4) is 0 Å². The van der Waals surface area contributed by atoms with E-state index in [9.17, 15) is 0 Å². The fourth-order valence-electron chi connectivity index (χ4n) is 3.83. The number of hydrogen-bond donors (Lipinski definition) is 0. The van der Waals surface area contributed by atoms with Crippen molar-refractivity contribution in [3.05, 3.63) is 23.8 Å². The number of ether oxygens (including phenoxy) is 1. The van der Waals surface area contributed by atoms with Gasteiger partial charge in [0.05, 0.1) is 12.2 Å². The van der Waals surface area contributed by atoms with Gasteiger partial charge in [0.2, 0.25) is 0 Å².